The van der Waals surface area contributed by atoms with Gasteiger partial charge in [0.05, 0.1) is 28.2 Å². The Balaban J connectivity index is 1.53. The van der Waals surface area contributed by atoms with Crippen LogP contribution in [0.1, 0.15) is 41.4 Å². The Morgan fingerprint density at radius 2 is 1.86 bits per heavy atom. The Labute approximate surface area is 164 Å². The molecule has 7 heteroatoms. The van der Waals surface area contributed by atoms with E-state index in [9.17, 15) is 18.0 Å². The molecule has 0 N–H and O–H groups in total. The summed E-state index contributed by atoms with van der Waals surface area (Å²) in [6.07, 6.45) is -1.45. The third-order valence-corrected chi connectivity index (χ3v) is 6.19. The van der Waals surface area contributed by atoms with Gasteiger partial charge in [-0.25, -0.2) is 4.98 Å². The van der Waals surface area contributed by atoms with E-state index in [0.717, 1.165) is 46.6 Å². The summed E-state index contributed by atoms with van der Waals surface area (Å²) in [6.45, 7) is 0.653. The molecule has 1 aliphatic rings. The number of nitrogens with zero attached hydrogens (tertiary/aromatic N) is 2. The van der Waals surface area contributed by atoms with E-state index < -0.39 is 11.7 Å². The second-order valence-corrected chi connectivity index (χ2v) is 8.05. The summed E-state index contributed by atoms with van der Waals surface area (Å²) >= 11 is 1.61. The molecule has 0 radical (unpaired) electrons. The molecule has 1 amide bonds. The number of carbonyl (C=O) groups is 1. The van der Waals surface area contributed by atoms with Crippen LogP contribution in [0.3, 0.4) is 0 Å². The smallest absolute Gasteiger partial charge is 0.333 e. The molecule has 0 spiro atoms. The highest BCUT2D eigenvalue weighted by Gasteiger charge is 2.32. The largest absolute Gasteiger partial charge is 0.416 e. The van der Waals surface area contributed by atoms with Gasteiger partial charge in [0.15, 0.2) is 0 Å². The number of rotatable bonds is 3. The lowest BCUT2D eigenvalue weighted by Gasteiger charge is -2.34. The monoisotopic (exact) mass is 404 g/mol. The second-order valence-electron chi connectivity index (χ2n) is 6.99. The molecule has 1 unspecified atom stereocenters. The van der Waals surface area contributed by atoms with Crippen LogP contribution in [-0.4, -0.2) is 22.3 Å². The first kappa shape index (κ1) is 18.9. The zero-order valence-electron chi connectivity index (χ0n) is 15.1. The van der Waals surface area contributed by atoms with E-state index in [4.69, 9.17) is 4.98 Å². The number of thiazole rings is 1. The highest BCUT2D eigenvalue weighted by atomic mass is 32.1. The van der Waals surface area contributed by atoms with Gasteiger partial charge >= 0.3 is 6.18 Å². The van der Waals surface area contributed by atoms with Gasteiger partial charge in [-0.15, -0.1) is 11.3 Å². The zero-order valence-corrected chi connectivity index (χ0v) is 15.9. The number of para-hydroxylation sites is 1. The molecule has 1 saturated heterocycles. The minimum Gasteiger partial charge on any atom is -0.333 e. The normalized spacial score (nSPS) is 17.8. The Bertz CT molecular complexity index is 948. The van der Waals surface area contributed by atoms with Crippen molar-refractivity contribution in [2.24, 2.45) is 0 Å². The number of halogens is 3. The van der Waals surface area contributed by atoms with Crippen molar-refractivity contribution in [3.8, 4) is 0 Å². The third kappa shape index (κ3) is 3.90. The zero-order chi connectivity index (χ0) is 19.7. The van der Waals surface area contributed by atoms with E-state index in [0.29, 0.717) is 12.1 Å². The summed E-state index contributed by atoms with van der Waals surface area (Å²) in [6, 6.07) is 12.7. The minimum atomic E-state index is -4.37. The van der Waals surface area contributed by atoms with Crippen LogP contribution < -0.4 is 0 Å². The summed E-state index contributed by atoms with van der Waals surface area (Å²) in [7, 11) is 0. The number of hydrogen-bond donors (Lipinski definition) is 0. The molecule has 1 aliphatic heterocycles. The van der Waals surface area contributed by atoms with E-state index in [1.54, 1.807) is 11.3 Å². The summed E-state index contributed by atoms with van der Waals surface area (Å²) in [5.41, 5.74) is 0.823. The fraction of sp³-hybridized carbons (Fsp3) is 0.333. The number of alkyl halides is 3. The number of hydrogen-bond acceptors (Lipinski definition) is 3. The third-order valence-electron chi connectivity index (χ3n) is 5.06. The Hall–Kier alpha value is -2.41. The lowest BCUT2D eigenvalue weighted by molar-refractivity contribution is -0.137. The first-order valence-electron chi connectivity index (χ1n) is 9.23. The predicted molar refractivity (Wildman–Crippen MR) is 103 cm³/mol. The van der Waals surface area contributed by atoms with Gasteiger partial charge in [-0.1, -0.05) is 24.3 Å². The number of carbonyl (C=O) groups excluding carboxylic acids is 1. The molecule has 2 heterocycles. The van der Waals surface area contributed by atoms with Gasteiger partial charge in [0.1, 0.15) is 5.01 Å². The summed E-state index contributed by atoms with van der Waals surface area (Å²) in [4.78, 5) is 19.5. The molecule has 3 nitrogen and oxygen atoms in total. The number of amides is 1. The number of piperidine rings is 1. The maximum atomic E-state index is 12.9. The van der Waals surface area contributed by atoms with Crippen molar-refractivity contribution in [3.05, 3.63) is 64.7 Å². The standard InChI is InChI=1S/C21H19F3N2OS/c22-21(23,24)15-10-8-14(9-11-15)13-19(27)26-12-4-3-6-17(26)20-25-16-5-1-2-7-18(16)28-20/h1-2,5,7-11,17H,3-4,6,12-13H2. The molecule has 4 rings (SSSR count). The van der Waals surface area contributed by atoms with Crippen molar-refractivity contribution in [2.75, 3.05) is 6.54 Å². The maximum absolute atomic E-state index is 12.9. The minimum absolute atomic E-state index is 0.0619. The van der Waals surface area contributed by atoms with Crippen LogP contribution in [0.4, 0.5) is 13.2 Å². The van der Waals surface area contributed by atoms with Crippen molar-refractivity contribution in [2.45, 2.75) is 37.9 Å². The average molecular weight is 404 g/mol. The van der Waals surface area contributed by atoms with Crippen LogP contribution in [0.5, 0.6) is 0 Å². The quantitative estimate of drug-likeness (QED) is 0.568. The number of likely N-dealkylation sites (tertiary alicyclic amines) is 1. The van der Waals surface area contributed by atoms with Gasteiger partial charge in [0, 0.05) is 6.54 Å². The van der Waals surface area contributed by atoms with Crippen molar-refractivity contribution in [1.29, 1.82) is 0 Å². The van der Waals surface area contributed by atoms with Crippen molar-refractivity contribution >= 4 is 27.5 Å². The molecule has 1 atom stereocenters. The molecule has 0 aliphatic carbocycles. The lowest BCUT2D eigenvalue weighted by Crippen LogP contribution is -2.39. The topological polar surface area (TPSA) is 33.2 Å². The molecular weight excluding hydrogens is 385 g/mol. The predicted octanol–water partition coefficient (Wildman–Crippen LogP) is 5.61. The highest BCUT2D eigenvalue weighted by Crippen LogP contribution is 2.36. The first-order chi connectivity index (χ1) is 13.4. The molecular formula is C21H19F3N2OS. The summed E-state index contributed by atoms with van der Waals surface area (Å²) < 4.78 is 39.3. The second kappa shape index (κ2) is 7.54. The Morgan fingerprint density at radius 1 is 1.11 bits per heavy atom. The maximum Gasteiger partial charge on any atom is 0.416 e. The van der Waals surface area contributed by atoms with Gasteiger partial charge in [-0.2, -0.15) is 13.2 Å². The molecule has 3 aromatic rings. The van der Waals surface area contributed by atoms with E-state index >= 15 is 0 Å². The fourth-order valence-electron chi connectivity index (χ4n) is 3.61. The summed E-state index contributed by atoms with van der Waals surface area (Å²) in [5.74, 6) is -0.0660. The van der Waals surface area contributed by atoms with Crippen LogP contribution in [0.25, 0.3) is 10.2 Å². The van der Waals surface area contributed by atoms with Gasteiger partial charge in [0.2, 0.25) is 5.91 Å². The lowest BCUT2D eigenvalue weighted by atomic mass is 10.0. The van der Waals surface area contributed by atoms with Gasteiger partial charge in [0.25, 0.3) is 0 Å². The van der Waals surface area contributed by atoms with Crippen molar-refractivity contribution in [3.63, 3.8) is 0 Å². The average Bonchev–Trinajstić information content (AvgIpc) is 3.12. The van der Waals surface area contributed by atoms with E-state index in [-0.39, 0.29) is 18.4 Å². The van der Waals surface area contributed by atoms with Gasteiger partial charge in [-0.3, -0.25) is 4.79 Å². The van der Waals surface area contributed by atoms with Crippen molar-refractivity contribution < 1.29 is 18.0 Å². The molecule has 0 bridgehead atoms. The Kier molecular flexibility index (Phi) is 5.10. The number of fused-ring (bicyclic) bond motifs is 1. The van der Waals surface area contributed by atoms with Crippen LogP contribution in [0.2, 0.25) is 0 Å². The van der Waals surface area contributed by atoms with Crippen molar-refractivity contribution in [1.82, 2.24) is 9.88 Å². The van der Waals surface area contributed by atoms with Crippen LogP contribution >= 0.6 is 11.3 Å². The van der Waals surface area contributed by atoms with Gasteiger partial charge < -0.3 is 4.90 Å². The van der Waals surface area contributed by atoms with E-state index in [2.05, 4.69) is 0 Å². The fourth-order valence-corrected chi connectivity index (χ4v) is 4.72. The molecule has 28 heavy (non-hydrogen) atoms. The van der Waals surface area contributed by atoms with E-state index in [1.807, 2.05) is 29.2 Å². The van der Waals surface area contributed by atoms with Crippen LogP contribution in [0.15, 0.2) is 48.5 Å². The van der Waals surface area contributed by atoms with Gasteiger partial charge in [-0.05, 0) is 49.1 Å². The Morgan fingerprint density at radius 3 is 2.57 bits per heavy atom. The van der Waals surface area contributed by atoms with E-state index in [1.165, 1.54) is 12.1 Å². The van der Waals surface area contributed by atoms with Crippen LogP contribution in [0, 0.1) is 0 Å². The number of aromatic nitrogens is 1. The molecule has 2 aromatic carbocycles. The molecule has 1 fully saturated rings. The summed E-state index contributed by atoms with van der Waals surface area (Å²) in [5, 5.41) is 0.932. The molecule has 146 valence electrons. The van der Waals surface area contributed by atoms with Crippen LogP contribution in [-0.2, 0) is 17.4 Å². The SMILES string of the molecule is O=C(Cc1ccc(C(F)(F)F)cc1)N1CCCCC1c1nc2ccccc2s1. The molecule has 0 saturated carbocycles. The highest BCUT2D eigenvalue weighted by molar-refractivity contribution is 7.18. The number of benzene rings is 2. The first-order valence-corrected chi connectivity index (χ1v) is 10.0. The molecule has 1 aromatic heterocycles.